The summed E-state index contributed by atoms with van der Waals surface area (Å²) in [6, 6.07) is 0. The van der Waals surface area contributed by atoms with E-state index in [-0.39, 0.29) is 0 Å². The number of hydrogen-bond acceptors (Lipinski definition) is 4. The Balaban J connectivity index is 0. The summed E-state index contributed by atoms with van der Waals surface area (Å²) in [7, 11) is -4.62. The van der Waals surface area contributed by atoms with Crippen LogP contribution in [0.4, 0.5) is 0 Å². The maximum Gasteiger partial charge on any atom is 0.469 e. The van der Waals surface area contributed by atoms with Gasteiger partial charge in [0.1, 0.15) is 6.10 Å². The normalized spacial score (nSPS) is 12.7. The molecule has 0 fully saturated rings. The summed E-state index contributed by atoms with van der Waals surface area (Å²) in [6.07, 6.45) is -0.733. The molecule has 0 aliphatic heterocycles. The third-order valence-corrected chi connectivity index (χ3v) is 1.42. The molecule has 16 heavy (non-hydrogen) atoms. The first-order valence-electron chi connectivity index (χ1n) is 4.64. The van der Waals surface area contributed by atoms with Crippen LogP contribution in [0.25, 0.3) is 0 Å². The van der Waals surface area contributed by atoms with Gasteiger partial charge in [-0.25, -0.2) is 4.57 Å². The van der Waals surface area contributed by atoms with E-state index in [1.807, 2.05) is 0 Å². The molecule has 1 unspecified atom stereocenters. The predicted molar refractivity (Wildman–Crippen MR) is 59.7 cm³/mol. The van der Waals surface area contributed by atoms with E-state index in [4.69, 9.17) is 14.9 Å². The van der Waals surface area contributed by atoms with E-state index in [1.165, 1.54) is 0 Å². The van der Waals surface area contributed by atoms with Crippen LogP contribution in [0.3, 0.4) is 0 Å². The molecule has 0 spiro atoms. The monoisotopic (exact) mass is 254 g/mol. The van der Waals surface area contributed by atoms with Gasteiger partial charge in [-0.05, 0) is 12.0 Å². The minimum absolute atomic E-state index is 0.741. The van der Waals surface area contributed by atoms with Gasteiger partial charge in [0, 0.05) is 0 Å². The fraction of sp³-hybridized carbons (Fsp3) is 0.667. The van der Waals surface area contributed by atoms with E-state index in [0.717, 1.165) is 12.0 Å². The molecular weight excluding hydrogens is 235 g/mol. The van der Waals surface area contributed by atoms with Crippen LogP contribution in [-0.2, 0) is 13.9 Å². The average molecular weight is 254 g/mol. The largest absolute Gasteiger partial charge is 0.469 e. The zero-order chi connectivity index (χ0) is 13.4. The summed E-state index contributed by atoms with van der Waals surface area (Å²) < 4.78 is 13.9. The Bertz CT molecular complexity index is 254. The van der Waals surface area contributed by atoms with E-state index in [1.54, 1.807) is 0 Å². The smallest absolute Gasteiger partial charge is 0.382 e. The number of phosphoric ester groups is 1. The first-order chi connectivity index (χ1) is 7.10. The van der Waals surface area contributed by atoms with Crippen molar-refractivity contribution in [2.75, 3.05) is 6.61 Å². The fourth-order valence-electron chi connectivity index (χ4n) is 0.386. The van der Waals surface area contributed by atoms with Crippen LogP contribution in [-0.4, -0.2) is 33.4 Å². The zero-order valence-electron chi connectivity index (χ0n) is 9.66. The highest BCUT2D eigenvalue weighted by molar-refractivity contribution is 7.46. The number of aliphatic hydroxyl groups is 1. The zero-order valence-corrected chi connectivity index (χ0v) is 10.6. The molecule has 0 aliphatic rings. The summed E-state index contributed by atoms with van der Waals surface area (Å²) in [6.45, 7) is 8.83. The van der Waals surface area contributed by atoms with E-state index < -0.39 is 26.3 Å². The van der Waals surface area contributed by atoms with Crippen molar-refractivity contribution in [1.82, 2.24) is 0 Å². The van der Waals surface area contributed by atoms with Gasteiger partial charge < -0.3 is 14.9 Å². The highest BCUT2D eigenvalue weighted by atomic mass is 31.2. The van der Waals surface area contributed by atoms with Gasteiger partial charge >= 0.3 is 7.82 Å². The summed E-state index contributed by atoms with van der Waals surface area (Å²) in [5.74, 6) is 0.0865. The van der Waals surface area contributed by atoms with Crippen molar-refractivity contribution >= 4 is 13.6 Å². The van der Waals surface area contributed by atoms with Gasteiger partial charge in [0.05, 0.1) is 6.61 Å². The lowest BCUT2D eigenvalue weighted by Crippen LogP contribution is -2.23. The van der Waals surface area contributed by atoms with Crippen molar-refractivity contribution in [3.8, 4) is 0 Å². The van der Waals surface area contributed by atoms with Crippen molar-refractivity contribution in [2.24, 2.45) is 5.92 Å². The molecule has 0 aliphatic carbocycles. The van der Waals surface area contributed by atoms with E-state index in [0.29, 0.717) is 0 Å². The molecule has 0 saturated heterocycles. The maximum absolute atomic E-state index is 10.5. The number of rotatable bonds is 5. The summed E-state index contributed by atoms with van der Waals surface area (Å²) in [5.41, 5.74) is 0. The van der Waals surface area contributed by atoms with E-state index >= 15 is 0 Å². The Hall–Kier alpha value is -0.520. The molecule has 3 N–H and O–H groups in total. The quantitative estimate of drug-likeness (QED) is 0.497. The second-order valence-corrected chi connectivity index (χ2v) is 4.88. The minimum Gasteiger partial charge on any atom is -0.382 e. The second-order valence-electron chi connectivity index (χ2n) is 3.64. The summed E-state index contributed by atoms with van der Waals surface area (Å²) in [4.78, 5) is 26.9. The van der Waals surface area contributed by atoms with Crippen LogP contribution in [0, 0.1) is 5.92 Å². The van der Waals surface area contributed by atoms with Gasteiger partial charge in [-0.1, -0.05) is 27.4 Å². The SMILES string of the molecule is C=CC(=O)C(O)COP(=O)(O)O.CC(C)C. The van der Waals surface area contributed by atoms with Crippen LogP contribution in [0.15, 0.2) is 12.7 Å². The van der Waals surface area contributed by atoms with Gasteiger partial charge in [-0.2, -0.15) is 0 Å². The molecule has 0 amide bonds. The Labute approximate surface area is 95.2 Å². The standard InChI is InChI=1S/C5H9O6P.C4H10/c1-2-4(6)5(7)3-11-12(8,9)10;1-4(2)3/h2,5,7H,1,3H2,(H2,8,9,10);4H,1-3H3. The molecule has 0 heterocycles. The molecule has 0 radical (unpaired) electrons. The Morgan fingerprint density at radius 2 is 1.81 bits per heavy atom. The van der Waals surface area contributed by atoms with Crippen LogP contribution in [0.1, 0.15) is 20.8 Å². The van der Waals surface area contributed by atoms with Gasteiger partial charge in [-0.3, -0.25) is 9.32 Å². The number of hydrogen-bond donors (Lipinski definition) is 3. The van der Waals surface area contributed by atoms with Gasteiger partial charge in [0.25, 0.3) is 0 Å². The number of carbonyl (C=O) groups is 1. The lowest BCUT2D eigenvalue weighted by molar-refractivity contribution is -0.123. The van der Waals surface area contributed by atoms with Crippen molar-refractivity contribution in [3.63, 3.8) is 0 Å². The molecule has 6 nitrogen and oxygen atoms in total. The first kappa shape index (κ1) is 17.9. The van der Waals surface area contributed by atoms with Crippen LogP contribution in [0.5, 0.6) is 0 Å². The molecule has 0 rings (SSSR count). The van der Waals surface area contributed by atoms with Gasteiger partial charge in [0.2, 0.25) is 0 Å². The maximum atomic E-state index is 10.5. The highest BCUT2D eigenvalue weighted by Crippen LogP contribution is 2.35. The number of carbonyl (C=O) groups excluding carboxylic acids is 1. The lowest BCUT2D eigenvalue weighted by Gasteiger charge is -2.07. The topological polar surface area (TPSA) is 104 Å². The number of ketones is 1. The van der Waals surface area contributed by atoms with Crippen molar-refractivity contribution < 1.29 is 28.8 Å². The summed E-state index contributed by atoms with van der Waals surface area (Å²) >= 11 is 0. The predicted octanol–water partition coefficient (Wildman–Crippen LogP) is 0.874. The van der Waals surface area contributed by atoms with Crippen molar-refractivity contribution in [2.45, 2.75) is 26.9 Å². The third-order valence-electron chi connectivity index (χ3n) is 0.930. The van der Waals surface area contributed by atoms with E-state index in [9.17, 15) is 9.36 Å². The molecule has 7 heteroatoms. The van der Waals surface area contributed by atoms with Crippen molar-refractivity contribution in [3.05, 3.63) is 12.7 Å². The van der Waals surface area contributed by atoms with Crippen LogP contribution >= 0.6 is 7.82 Å². The molecule has 1 atom stereocenters. The number of phosphoric acid groups is 1. The molecule has 0 bridgehead atoms. The third kappa shape index (κ3) is 15.9. The van der Waals surface area contributed by atoms with Crippen LogP contribution in [0.2, 0.25) is 0 Å². The Morgan fingerprint density at radius 3 is 2.06 bits per heavy atom. The average Bonchev–Trinajstić information content (AvgIpc) is 2.10. The lowest BCUT2D eigenvalue weighted by atomic mass is 10.2. The van der Waals surface area contributed by atoms with Crippen molar-refractivity contribution in [1.29, 1.82) is 0 Å². The minimum atomic E-state index is -4.62. The fourth-order valence-corrected chi connectivity index (χ4v) is 0.721. The molecule has 0 aromatic carbocycles. The Kier molecular flexibility index (Phi) is 9.61. The molecule has 96 valence electrons. The highest BCUT2D eigenvalue weighted by Gasteiger charge is 2.19. The van der Waals surface area contributed by atoms with Crippen LogP contribution < -0.4 is 0 Å². The second kappa shape index (κ2) is 8.61. The summed E-state index contributed by atoms with van der Waals surface area (Å²) in [5, 5.41) is 8.79. The molecule has 0 saturated carbocycles. The number of aliphatic hydroxyl groups excluding tert-OH is 1. The molecule has 0 aromatic rings. The Morgan fingerprint density at radius 1 is 1.44 bits per heavy atom. The first-order valence-corrected chi connectivity index (χ1v) is 6.17. The van der Waals surface area contributed by atoms with Gasteiger partial charge in [-0.15, -0.1) is 0 Å². The molecule has 0 aromatic heterocycles. The van der Waals surface area contributed by atoms with E-state index in [2.05, 4.69) is 31.9 Å². The molecular formula is C9H19O6P. The van der Waals surface area contributed by atoms with Gasteiger partial charge in [0.15, 0.2) is 5.78 Å².